The summed E-state index contributed by atoms with van der Waals surface area (Å²) in [6, 6.07) is 5.11. The van der Waals surface area contributed by atoms with E-state index in [0.29, 0.717) is 25.7 Å². The molecule has 1 saturated heterocycles. The van der Waals surface area contributed by atoms with Crippen molar-refractivity contribution in [1.29, 1.82) is 0 Å². The number of benzene rings is 1. The van der Waals surface area contributed by atoms with Crippen molar-refractivity contribution in [2.75, 3.05) is 31.0 Å². The Morgan fingerprint density at radius 3 is 2.66 bits per heavy atom. The van der Waals surface area contributed by atoms with Crippen molar-refractivity contribution in [2.24, 2.45) is 0 Å². The van der Waals surface area contributed by atoms with E-state index in [9.17, 15) is 22.6 Å². The van der Waals surface area contributed by atoms with Crippen LogP contribution in [0.15, 0.2) is 33.0 Å². The van der Waals surface area contributed by atoms with Crippen LogP contribution >= 0.6 is 35.7 Å². The third kappa shape index (κ3) is 4.86. The van der Waals surface area contributed by atoms with Crippen LogP contribution in [0.2, 0.25) is 0 Å². The van der Waals surface area contributed by atoms with Crippen LogP contribution in [0.5, 0.6) is 5.75 Å². The van der Waals surface area contributed by atoms with Gasteiger partial charge in [0.15, 0.2) is 5.88 Å². The van der Waals surface area contributed by atoms with Gasteiger partial charge in [-0.15, -0.1) is 0 Å². The van der Waals surface area contributed by atoms with Gasteiger partial charge in [0.1, 0.15) is 20.0 Å². The average molecular weight is 476 g/mol. The van der Waals surface area contributed by atoms with E-state index in [4.69, 9.17) is 17.0 Å². The molecule has 2 N–H and O–H groups in total. The first-order valence-electron chi connectivity index (χ1n) is 8.21. The number of methoxy groups -OCH3 is 1. The van der Waals surface area contributed by atoms with E-state index >= 15 is 0 Å². The first-order chi connectivity index (χ1) is 13.6. The largest absolute Gasteiger partial charge is 0.497 e. The average Bonchev–Trinajstić information content (AvgIpc) is 3.11. The molecular weight excluding hydrogens is 458 g/mol. The molecule has 0 unspecified atom stereocenters. The molecule has 2 aliphatic rings. The number of carbonyl (C=O) groups is 2. The Morgan fingerprint density at radius 1 is 1.31 bits per heavy atom. The van der Waals surface area contributed by atoms with Crippen molar-refractivity contribution in [1.82, 2.24) is 10.2 Å². The number of nitrogens with one attached hydrogen (secondary N) is 1. The molecule has 29 heavy (non-hydrogen) atoms. The molecule has 2 heterocycles. The Balaban J connectivity index is 1.97. The van der Waals surface area contributed by atoms with Gasteiger partial charge in [0.25, 0.3) is 16.0 Å². The number of fused-ring (bicyclic) bond motifs is 1. The van der Waals surface area contributed by atoms with Crippen molar-refractivity contribution in [3.05, 3.63) is 28.1 Å². The van der Waals surface area contributed by atoms with Crippen LogP contribution < -0.4 is 15.0 Å². The number of nitrogens with zero attached hydrogens (tertiary/aromatic N) is 2. The summed E-state index contributed by atoms with van der Waals surface area (Å²) in [5.74, 6) is -0.809. The lowest BCUT2D eigenvalue weighted by molar-refractivity contribution is -0.123. The van der Waals surface area contributed by atoms with E-state index < -0.39 is 16.0 Å². The molecule has 9 nitrogen and oxygen atoms in total. The van der Waals surface area contributed by atoms with Gasteiger partial charge < -0.3 is 15.0 Å². The number of rotatable bonds is 6. The van der Waals surface area contributed by atoms with Gasteiger partial charge in [-0.3, -0.25) is 19.0 Å². The molecular formula is C16H17N3O6S4. The number of hydrogen-bond acceptors (Lipinski definition) is 9. The van der Waals surface area contributed by atoms with E-state index in [2.05, 4.69) is 5.32 Å². The molecule has 1 aromatic carbocycles. The number of anilines is 1. The molecule has 0 aromatic heterocycles. The molecule has 1 aromatic rings. The van der Waals surface area contributed by atoms with Crippen LogP contribution in [-0.4, -0.2) is 60.1 Å². The van der Waals surface area contributed by atoms with Crippen LogP contribution in [0, 0.1) is 0 Å². The Hall–Kier alpha value is -1.80. The third-order valence-corrected chi connectivity index (χ3v) is 7.29. The van der Waals surface area contributed by atoms with E-state index in [1.54, 1.807) is 18.2 Å². The fourth-order valence-corrected chi connectivity index (χ4v) is 5.99. The molecule has 3 rings (SSSR count). The monoisotopic (exact) mass is 475 g/mol. The second kappa shape index (κ2) is 8.52. The molecule has 2 amide bonds. The zero-order valence-electron chi connectivity index (χ0n) is 15.4. The smallest absolute Gasteiger partial charge is 0.283 e. The topological polar surface area (TPSA) is 116 Å². The second-order valence-electron chi connectivity index (χ2n) is 6.02. The second-order valence-corrected chi connectivity index (χ2v) is 10.1. The number of ether oxygens (including phenoxy) is 1. The fourth-order valence-electron chi connectivity index (χ4n) is 2.71. The maximum Gasteiger partial charge on any atom is 0.283 e. The van der Waals surface area contributed by atoms with Gasteiger partial charge in [0.2, 0.25) is 5.91 Å². The molecule has 0 atom stereocenters. The molecule has 156 valence electrons. The van der Waals surface area contributed by atoms with Gasteiger partial charge in [-0.2, -0.15) is 8.42 Å². The number of hydrogen-bond donors (Lipinski definition) is 2. The SMILES string of the molecule is COc1ccc2c(c1)N(CS(=O)(=O)O)C(=C1SC(=S)N(CCNC(C)=O)C1=O)S2. The quantitative estimate of drug-likeness (QED) is 0.357. The molecule has 0 radical (unpaired) electrons. The molecule has 1 fully saturated rings. The van der Waals surface area contributed by atoms with E-state index in [1.165, 1.54) is 35.6 Å². The Labute approximate surface area is 181 Å². The van der Waals surface area contributed by atoms with E-state index in [-0.39, 0.29) is 29.8 Å². The lowest BCUT2D eigenvalue weighted by Gasteiger charge is -2.20. The highest BCUT2D eigenvalue weighted by Gasteiger charge is 2.40. The van der Waals surface area contributed by atoms with Gasteiger partial charge in [0, 0.05) is 31.0 Å². The summed E-state index contributed by atoms with van der Waals surface area (Å²) < 4.78 is 38.2. The van der Waals surface area contributed by atoms with E-state index in [1.807, 2.05) is 0 Å². The summed E-state index contributed by atoms with van der Waals surface area (Å²) in [5, 5.41) is 2.97. The fraction of sp³-hybridized carbons (Fsp3) is 0.312. The summed E-state index contributed by atoms with van der Waals surface area (Å²) in [7, 11) is -2.89. The maximum atomic E-state index is 12.9. The predicted molar refractivity (Wildman–Crippen MR) is 115 cm³/mol. The third-order valence-electron chi connectivity index (χ3n) is 3.95. The Morgan fingerprint density at radius 2 is 2.03 bits per heavy atom. The van der Waals surface area contributed by atoms with Crippen molar-refractivity contribution in [3.63, 3.8) is 0 Å². The van der Waals surface area contributed by atoms with Gasteiger partial charge in [0.05, 0.1) is 12.8 Å². The highest BCUT2D eigenvalue weighted by molar-refractivity contribution is 8.27. The summed E-state index contributed by atoms with van der Waals surface area (Å²) in [6.45, 7) is 1.81. The van der Waals surface area contributed by atoms with E-state index in [0.717, 1.165) is 11.8 Å². The minimum atomic E-state index is -4.38. The summed E-state index contributed by atoms with van der Waals surface area (Å²) in [4.78, 5) is 27.7. The lowest BCUT2D eigenvalue weighted by atomic mass is 10.3. The molecule has 13 heteroatoms. The minimum Gasteiger partial charge on any atom is -0.497 e. The lowest BCUT2D eigenvalue weighted by Crippen LogP contribution is -2.36. The number of thioether (sulfide) groups is 2. The van der Waals surface area contributed by atoms with Crippen LogP contribution in [0.3, 0.4) is 0 Å². The van der Waals surface area contributed by atoms with Crippen molar-refractivity contribution in [2.45, 2.75) is 11.8 Å². The molecule has 2 aliphatic heterocycles. The summed E-state index contributed by atoms with van der Waals surface area (Å²) in [5.41, 5.74) is 0.505. The first-order valence-corrected chi connectivity index (χ1v) is 11.9. The van der Waals surface area contributed by atoms with Crippen LogP contribution in [0.1, 0.15) is 6.92 Å². The Kier molecular flexibility index (Phi) is 6.43. The minimum absolute atomic E-state index is 0.199. The van der Waals surface area contributed by atoms with Crippen LogP contribution in [-0.2, 0) is 19.7 Å². The molecule has 0 aliphatic carbocycles. The van der Waals surface area contributed by atoms with Gasteiger partial charge in [-0.25, -0.2) is 0 Å². The van der Waals surface area contributed by atoms with Crippen molar-refractivity contribution in [3.8, 4) is 5.75 Å². The zero-order chi connectivity index (χ0) is 21.3. The summed E-state index contributed by atoms with van der Waals surface area (Å²) >= 11 is 7.56. The van der Waals surface area contributed by atoms with Crippen molar-refractivity contribution >= 4 is 67.7 Å². The Bertz CT molecular complexity index is 1020. The van der Waals surface area contributed by atoms with Crippen LogP contribution in [0.25, 0.3) is 0 Å². The maximum absolute atomic E-state index is 12.9. The predicted octanol–water partition coefficient (Wildman–Crippen LogP) is 1.62. The molecule has 0 spiro atoms. The highest BCUT2D eigenvalue weighted by atomic mass is 32.2. The summed E-state index contributed by atoms with van der Waals surface area (Å²) in [6.07, 6.45) is 0. The van der Waals surface area contributed by atoms with Gasteiger partial charge in [-0.1, -0.05) is 35.7 Å². The standard InChI is InChI=1S/C16H17N3O6S4/c1-9(20)17-5-6-18-14(21)13(28-16(18)26)15-19(8-29(22,23)24)11-7-10(25-2)3-4-12(11)27-15/h3-4,7H,5-6,8H2,1-2H3,(H,17,20)(H,22,23,24). The number of amides is 2. The van der Waals surface area contributed by atoms with Gasteiger partial charge in [-0.05, 0) is 12.1 Å². The number of thiocarbonyl (C=S) groups is 1. The zero-order valence-corrected chi connectivity index (χ0v) is 18.6. The highest BCUT2D eigenvalue weighted by Crippen LogP contribution is 2.51. The molecule has 0 bridgehead atoms. The number of carbonyl (C=O) groups excluding carboxylic acids is 2. The van der Waals surface area contributed by atoms with Crippen LogP contribution in [0.4, 0.5) is 5.69 Å². The van der Waals surface area contributed by atoms with Crippen molar-refractivity contribution < 1.29 is 27.3 Å². The normalized spacial score (nSPS) is 19.0. The first kappa shape index (κ1) is 21.9. The molecule has 0 saturated carbocycles. The van der Waals surface area contributed by atoms with Gasteiger partial charge >= 0.3 is 0 Å².